The van der Waals surface area contributed by atoms with E-state index in [4.69, 9.17) is 0 Å². The number of aromatic nitrogens is 2. The van der Waals surface area contributed by atoms with Gasteiger partial charge in [-0.05, 0) is 32.3 Å². The first-order valence-electron chi connectivity index (χ1n) is 9.33. The first-order chi connectivity index (χ1) is 14.3. The molecule has 156 valence electrons. The lowest BCUT2D eigenvalue weighted by atomic mass is 10.2. The molecule has 1 aromatic heterocycles. The summed E-state index contributed by atoms with van der Waals surface area (Å²) in [5.41, 5.74) is 1.000. The molecule has 0 unspecified atom stereocenters. The molecule has 0 radical (unpaired) electrons. The number of likely N-dealkylation sites (N-methyl/N-ethyl adjacent to an activating group) is 1. The molecule has 0 saturated heterocycles. The lowest BCUT2D eigenvalue weighted by Gasteiger charge is -2.24. The third-order valence-corrected chi connectivity index (χ3v) is 4.54. The van der Waals surface area contributed by atoms with Crippen molar-refractivity contribution < 1.29 is 14.1 Å². The molecule has 0 aliphatic carbocycles. The second-order valence-electron chi connectivity index (χ2n) is 7.04. The molecule has 8 nitrogen and oxygen atoms in total. The fourth-order valence-electron chi connectivity index (χ4n) is 2.90. The number of halogens is 1. The zero-order chi connectivity index (χ0) is 21.7. The Kier molecular flexibility index (Phi) is 6.53. The normalized spacial score (nSPS) is 10.9. The molecule has 2 aromatic carbocycles. The van der Waals surface area contributed by atoms with Crippen molar-refractivity contribution in [1.29, 1.82) is 0 Å². The van der Waals surface area contributed by atoms with Gasteiger partial charge in [-0.2, -0.15) is 5.10 Å². The minimum atomic E-state index is -0.490. The molecule has 1 heterocycles. The first-order valence-corrected chi connectivity index (χ1v) is 9.33. The maximum atomic E-state index is 14.1. The molecule has 0 fully saturated rings. The lowest BCUT2D eigenvalue weighted by molar-refractivity contribution is -0.384. The van der Waals surface area contributed by atoms with Gasteiger partial charge < -0.3 is 9.80 Å². The van der Waals surface area contributed by atoms with E-state index in [0.29, 0.717) is 24.3 Å². The van der Waals surface area contributed by atoms with Crippen LogP contribution in [0.25, 0.3) is 5.69 Å². The maximum Gasteiger partial charge on any atom is 0.274 e. The summed E-state index contributed by atoms with van der Waals surface area (Å²) in [7, 11) is 3.78. The van der Waals surface area contributed by atoms with Crippen molar-refractivity contribution in [2.75, 3.05) is 27.2 Å². The van der Waals surface area contributed by atoms with Gasteiger partial charge in [0.2, 0.25) is 0 Å². The fraction of sp³-hybridized carbons (Fsp3) is 0.238. The molecule has 3 rings (SSSR count). The van der Waals surface area contributed by atoms with Crippen LogP contribution >= 0.6 is 0 Å². The summed E-state index contributed by atoms with van der Waals surface area (Å²) in [6.07, 6.45) is 1.57. The smallest absolute Gasteiger partial charge is 0.274 e. The summed E-state index contributed by atoms with van der Waals surface area (Å²) in [5.74, 6) is -0.716. The van der Waals surface area contributed by atoms with E-state index < -0.39 is 4.92 Å². The molecule has 0 atom stereocenters. The Labute approximate surface area is 173 Å². The van der Waals surface area contributed by atoms with Gasteiger partial charge in [0.25, 0.3) is 11.6 Å². The molecule has 9 heteroatoms. The highest BCUT2D eigenvalue weighted by atomic mass is 19.1. The Morgan fingerprint density at radius 1 is 1.13 bits per heavy atom. The Hall–Kier alpha value is -3.59. The average molecular weight is 411 g/mol. The topological polar surface area (TPSA) is 84.5 Å². The Morgan fingerprint density at radius 3 is 2.60 bits per heavy atom. The van der Waals surface area contributed by atoms with E-state index >= 15 is 0 Å². The summed E-state index contributed by atoms with van der Waals surface area (Å²) in [5, 5.41) is 15.3. The minimum Gasteiger partial charge on any atom is -0.332 e. The van der Waals surface area contributed by atoms with Crippen molar-refractivity contribution in [1.82, 2.24) is 19.6 Å². The van der Waals surface area contributed by atoms with Crippen molar-refractivity contribution in [3.8, 4) is 5.69 Å². The molecule has 1 amide bonds. The number of non-ortho nitro benzene ring substituents is 1. The second-order valence-corrected chi connectivity index (χ2v) is 7.04. The number of nitrogens with zero attached hydrogens (tertiary/aromatic N) is 5. The third-order valence-electron chi connectivity index (χ3n) is 4.54. The molecular formula is C21H22FN5O3. The van der Waals surface area contributed by atoms with Crippen molar-refractivity contribution in [2.45, 2.75) is 6.54 Å². The number of rotatable bonds is 8. The van der Waals surface area contributed by atoms with Gasteiger partial charge >= 0.3 is 0 Å². The quantitative estimate of drug-likeness (QED) is 0.420. The van der Waals surface area contributed by atoms with Gasteiger partial charge in [-0.25, -0.2) is 9.07 Å². The molecule has 30 heavy (non-hydrogen) atoms. The van der Waals surface area contributed by atoms with Crippen LogP contribution in [-0.4, -0.2) is 57.6 Å². The van der Waals surface area contributed by atoms with Crippen molar-refractivity contribution in [2.24, 2.45) is 0 Å². The Morgan fingerprint density at radius 2 is 1.90 bits per heavy atom. The van der Waals surface area contributed by atoms with Crippen LogP contribution in [0.1, 0.15) is 16.1 Å². The van der Waals surface area contributed by atoms with Gasteiger partial charge in [0.15, 0.2) is 5.69 Å². The number of amides is 1. The van der Waals surface area contributed by atoms with E-state index in [0.717, 1.165) is 0 Å². The Bertz CT molecular complexity index is 1050. The van der Waals surface area contributed by atoms with Gasteiger partial charge in [-0.1, -0.05) is 24.3 Å². The van der Waals surface area contributed by atoms with Gasteiger partial charge in [0.1, 0.15) is 5.82 Å². The van der Waals surface area contributed by atoms with Crippen LogP contribution in [0.2, 0.25) is 0 Å². The average Bonchev–Trinajstić information content (AvgIpc) is 3.22. The molecule has 0 saturated carbocycles. The fourth-order valence-corrected chi connectivity index (χ4v) is 2.90. The van der Waals surface area contributed by atoms with Gasteiger partial charge in [-0.3, -0.25) is 14.9 Å². The van der Waals surface area contributed by atoms with E-state index in [1.165, 1.54) is 22.9 Å². The third kappa shape index (κ3) is 5.06. The van der Waals surface area contributed by atoms with Gasteiger partial charge in [-0.15, -0.1) is 0 Å². The highest BCUT2D eigenvalue weighted by molar-refractivity contribution is 5.92. The number of carbonyl (C=O) groups excluding carboxylic acids is 1. The van der Waals surface area contributed by atoms with Crippen LogP contribution in [0.15, 0.2) is 60.8 Å². The number of hydrogen-bond acceptors (Lipinski definition) is 5. The highest BCUT2D eigenvalue weighted by Crippen LogP contribution is 2.17. The highest BCUT2D eigenvalue weighted by Gasteiger charge is 2.20. The van der Waals surface area contributed by atoms with E-state index in [1.54, 1.807) is 47.5 Å². The van der Waals surface area contributed by atoms with E-state index in [2.05, 4.69) is 5.10 Å². The van der Waals surface area contributed by atoms with Crippen LogP contribution < -0.4 is 0 Å². The van der Waals surface area contributed by atoms with E-state index in [9.17, 15) is 19.3 Å². The molecule has 0 aliphatic rings. The number of benzene rings is 2. The summed E-state index contributed by atoms with van der Waals surface area (Å²) in [6.45, 7) is 1.11. The maximum absolute atomic E-state index is 14.1. The minimum absolute atomic E-state index is 0.0666. The standard InChI is InChI=1S/C21H22FN5O3/c1-24(2)12-13-25(15-16-6-3-4-9-19(16)22)21(28)20-10-11-26(23-20)17-7-5-8-18(14-17)27(29)30/h3-11,14H,12-13,15H2,1-2H3. The largest absolute Gasteiger partial charge is 0.332 e. The summed E-state index contributed by atoms with van der Waals surface area (Å²) in [6, 6.07) is 13.9. The van der Waals surface area contributed by atoms with Crippen LogP contribution in [0.5, 0.6) is 0 Å². The molecule has 0 bridgehead atoms. The molecule has 3 aromatic rings. The monoisotopic (exact) mass is 411 g/mol. The zero-order valence-corrected chi connectivity index (χ0v) is 16.7. The number of nitro benzene ring substituents is 1. The van der Waals surface area contributed by atoms with Crippen LogP contribution in [0.3, 0.4) is 0 Å². The summed E-state index contributed by atoms with van der Waals surface area (Å²) in [4.78, 5) is 27.1. The van der Waals surface area contributed by atoms with Gasteiger partial charge in [0, 0.05) is 43.5 Å². The molecule has 0 N–H and O–H groups in total. The van der Waals surface area contributed by atoms with Crippen LogP contribution in [-0.2, 0) is 6.54 Å². The zero-order valence-electron chi connectivity index (χ0n) is 16.7. The summed E-state index contributed by atoms with van der Waals surface area (Å²) >= 11 is 0. The van der Waals surface area contributed by atoms with Crippen molar-refractivity contribution in [3.05, 3.63) is 88.0 Å². The first kappa shape index (κ1) is 21.1. The van der Waals surface area contributed by atoms with Crippen molar-refractivity contribution >= 4 is 11.6 Å². The van der Waals surface area contributed by atoms with E-state index in [-0.39, 0.29) is 29.7 Å². The molecular weight excluding hydrogens is 389 g/mol. The van der Waals surface area contributed by atoms with Gasteiger partial charge in [0.05, 0.1) is 10.6 Å². The predicted octanol–water partition coefficient (Wildman–Crippen LogP) is 3.12. The van der Waals surface area contributed by atoms with E-state index in [1.807, 2.05) is 19.0 Å². The SMILES string of the molecule is CN(C)CCN(Cc1ccccc1F)C(=O)c1ccn(-c2cccc([N+](=O)[O-])c2)n1. The summed E-state index contributed by atoms with van der Waals surface area (Å²) < 4.78 is 15.5. The Balaban J connectivity index is 1.85. The number of nitro groups is 1. The van der Waals surface area contributed by atoms with Crippen molar-refractivity contribution in [3.63, 3.8) is 0 Å². The second kappa shape index (κ2) is 9.27. The van der Waals surface area contributed by atoms with Crippen LogP contribution in [0, 0.1) is 15.9 Å². The lowest BCUT2D eigenvalue weighted by Crippen LogP contribution is -2.36. The molecule has 0 aliphatic heterocycles. The predicted molar refractivity (Wildman–Crippen MR) is 110 cm³/mol. The van der Waals surface area contributed by atoms with Crippen LogP contribution in [0.4, 0.5) is 10.1 Å². The number of hydrogen-bond donors (Lipinski definition) is 0. The number of carbonyl (C=O) groups is 1. The molecule has 0 spiro atoms.